The van der Waals surface area contributed by atoms with E-state index in [2.05, 4.69) is 11.5 Å². The lowest BCUT2D eigenvalue weighted by atomic mass is 10.3. The number of hydrogen-bond acceptors (Lipinski definition) is 3. The number of aliphatic hydroxyl groups is 1. The molecule has 0 spiro atoms. The van der Waals surface area contributed by atoms with Crippen molar-refractivity contribution in [1.82, 2.24) is 4.90 Å². The molecule has 1 aromatic rings. The molecule has 1 rings (SSSR count). The van der Waals surface area contributed by atoms with Crippen LogP contribution >= 0.6 is 0 Å². The third kappa shape index (κ3) is 6.09. The minimum Gasteiger partial charge on any atom is -0.494 e. The minimum absolute atomic E-state index is 0.188. The van der Waals surface area contributed by atoms with Crippen molar-refractivity contribution in [2.75, 3.05) is 32.8 Å². The fraction of sp³-hybridized carbons (Fsp3) is 0.429. The summed E-state index contributed by atoms with van der Waals surface area (Å²) in [5, 5.41) is 8.89. The van der Waals surface area contributed by atoms with Crippen LogP contribution in [0.4, 0.5) is 0 Å². The molecule has 17 heavy (non-hydrogen) atoms. The summed E-state index contributed by atoms with van der Waals surface area (Å²) in [6, 6.07) is 9.81. The fourth-order valence-corrected chi connectivity index (χ4v) is 1.61. The summed E-state index contributed by atoms with van der Waals surface area (Å²) in [5.41, 5.74) is 0. The summed E-state index contributed by atoms with van der Waals surface area (Å²) in [6.07, 6.45) is 2.80. The molecule has 0 amide bonds. The highest BCUT2D eigenvalue weighted by Gasteiger charge is 2.01. The number of nitrogens with zero attached hydrogens (tertiary/aromatic N) is 1. The van der Waals surface area contributed by atoms with E-state index in [1.54, 1.807) is 0 Å². The summed E-state index contributed by atoms with van der Waals surface area (Å²) in [7, 11) is 0. The van der Waals surface area contributed by atoms with Gasteiger partial charge in [-0.15, -0.1) is 6.58 Å². The zero-order valence-corrected chi connectivity index (χ0v) is 10.2. The highest BCUT2D eigenvalue weighted by Crippen LogP contribution is 2.08. The van der Waals surface area contributed by atoms with Crippen LogP contribution in [0.15, 0.2) is 43.0 Å². The topological polar surface area (TPSA) is 32.7 Å². The highest BCUT2D eigenvalue weighted by atomic mass is 16.5. The molecule has 0 saturated heterocycles. The monoisotopic (exact) mass is 235 g/mol. The Morgan fingerprint density at radius 1 is 1.24 bits per heavy atom. The Morgan fingerprint density at radius 2 is 2.00 bits per heavy atom. The van der Waals surface area contributed by atoms with E-state index >= 15 is 0 Å². The molecule has 0 radical (unpaired) electrons. The van der Waals surface area contributed by atoms with E-state index in [1.807, 2.05) is 36.4 Å². The molecule has 3 nitrogen and oxygen atoms in total. The van der Waals surface area contributed by atoms with Gasteiger partial charge in [0, 0.05) is 19.6 Å². The van der Waals surface area contributed by atoms with Crippen molar-refractivity contribution in [3.05, 3.63) is 43.0 Å². The van der Waals surface area contributed by atoms with Gasteiger partial charge in [-0.2, -0.15) is 0 Å². The zero-order chi connectivity index (χ0) is 12.3. The summed E-state index contributed by atoms with van der Waals surface area (Å²) in [4.78, 5) is 2.15. The van der Waals surface area contributed by atoms with Crippen LogP contribution < -0.4 is 4.74 Å². The molecule has 0 aliphatic carbocycles. The van der Waals surface area contributed by atoms with Crippen molar-refractivity contribution in [3.63, 3.8) is 0 Å². The van der Waals surface area contributed by atoms with Gasteiger partial charge in [0.15, 0.2) is 0 Å². The van der Waals surface area contributed by atoms with Crippen LogP contribution in [0.3, 0.4) is 0 Å². The van der Waals surface area contributed by atoms with E-state index in [-0.39, 0.29) is 6.61 Å². The Labute approximate surface area is 103 Å². The maximum atomic E-state index is 8.89. The quantitative estimate of drug-likeness (QED) is 0.524. The molecular formula is C14H21NO2. The molecule has 1 aromatic carbocycles. The summed E-state index contributed by atoms with van der Waals surface area (Å²) in [5.74, 6) is 0.907. The standard InChI is InChI=1S/C14H21NO2/c1-2-9-15(11-12-16)10-6-13-17-14-7-4-3-5-8-14/h2-5,7-8,16H,1,6,9-13H2. The maximum absolute atomic E-state index is 8.89. The molecule has 0 saturated carbocycles. The number of ether oxygens (including phenoxy) is 1. The molecule has 0 aliphatic heterocycles. The maximum Gasteiger partial charge on any atom is 0.119 e. The smallest absolute Gasteiger partial charge is 0.119 e. The number of rotatable bonds is 9. The van der Waals surface area contributed by atoms with Gasteiger partial charge >= 0.3 is 0 Å². The molecule has 0 aromatic heterocycles. The normalized spacial score (nSPS) is 10.5. The molecule has 3 heteroatoms. The van der Waals surface area contributed by atoms with Crippen molar-refractivity contribution >= 4 is 0 Å². The molecule has 0 bridgehead atoms. The van der Waals surface area contributed by atoms with E-state index in [0.717, 1.165) is 25.3 Å². The predicted octanol–water partition coefficient (Wildman–Crippen LogP) is 1.94. The van der Waals surface area contributed by atoms with Gasteiger partial charge in [0.05, 0.1) is 13.2 Å². The summed E-state index contributed by atoms with van der Waals surface area (Å²) < 4.78 is 5.60. The van der Waals surface area contributed by atoms with E-state index in [4.69, 9.17) is 9.84 Å². The average molecular weight is 235 g/mol. The van der Waals surface area contributed by atoms with Crippen molar-refractivity contribution in [3.8, 4) is 5.75 Å². The van der Waals surface area contributed by atoms with Gasteiger partial charge < -0.3 is 9.84 Å². The third-order valence-electron chi connectivity index (χ3n) is 2.43. The predicted molar refractivity (Wildman–Crippen MR) is 70.3 cm³/mol. The Hall–Kier alpha value is -1.32. The number of hydrogen-bond donors (Lipinski definition) is 1. The number of benzene rings is 1. The van der Waals surface area contributed by atoms with E-state index in [0.29, 0.717) is 13.2 Å². The first-order valence-electron chi connectivity index (χ1n) is 5.98. The SMILES string of the molecule is C=CCN(CCO)CCCOc1ccccc1. The molecule has 94 valence electrons. The molecule has 0 aliphatic rings. The number of para-hydroxylation sites is 1. The molecule has 1 N–H and O–H groups in total. The van der Waals surface area contributed by atoms with Crippen LogP contribution in [-0.2, 0) is 0 Å². The first-order chi connectivity index (χ1) is 8.36. The fourth-order valence-electron chi connectivity index (χ4n) is 1.61. The van der Waals surface area contributed by atoms with Crippen molar-refractivity contribution in [2.45, 2.75) is 6.42 Å². The van der Waals surface area contributed by atoms with E-state index in [9.17, 15) is 0 Å². The zero-order valence-electron chi connectivity index (χ0n) is 10.2. The van der Waals surface area contributed by atoms with Gasteiger partial charge in [-0.05, 0) is 18.6 Å². The summed E-state index contributed by atoms with van der Waals surface area (Å²) >= 11 is 0. The third-order valence-corrected chi connectivity index (χ3v) is 2.43. The van der Waals surface area contributed by atoms with Gasteiger partial charge in [-0.1, -0.05) is 24.3 Å². The van der Waals surface area contributed by atoms with Crippen LogP contribution in [0.25, 0.3) is 0 Å². The highest BCUT2D eigenvalue weighted by molar-refractivity contribution is 5.20. The van der Waals surface area contributed by atoms with Gasteiger partial charge in [-0.25, -0.2) is 0 Å². The second-order valence-corrected chi connectivity index (χ2v) is 3.83. The van der Waals surface area contributed by atoms with Crippen LogP contribution in [0.5, 0.6) is 5.75 Å². The van der Waals surface area contributed by atoms with E-state index in [1.165, 1.54) is 0 Å². The van der Waals surface area contributed by atoms with Crippen LogP contribution in [0.1, 0.15) is 6.42 Å². The molecule has 0 fully saturated rings. The Balaban J connectivity index is 2.15. The van der Waals surface area contributed by atoms with Gasteiger partial charge in [0.1, 0.15) is 5.75 Å². The lowest BCUT2D eigenvalue weighted by Gasteiger charge is -2.19. The lowest BCUT2D eigenvalue weighted by Crippen LogP contribution is -2.29. The first kappa shape index (κ1) is 13.7. The molecule has 0 heterocycles. The molecule has 0 atom stereocenters. The average Bonchev–Trinajstić information content (AvgIpc) is 2.36. The Kier molecular flexibility index (Phi) is 7.11. The van der Waals surface area contributed by atoms with Crippen molar-refractivity contribution in [1.29, 1.82) is 0 Å². The van der Waals surface area contributed by atoms with Gasteiger partial charge in [-0.3, -0.25) is 4.90 Å². The Morgan fingerprint density at radius 3 is 2.65 bits per heavy atom. The molecule has 0 unspecified atom stereocenters. The van der Waals surface area contributed by atoms with Crippen molar-refractivity contribution in [2.24, 2.45) is 0 Å². The van der Waals surface area contributed by atoms with Gasteiger partial charge in [0.25, 0.3) is 0 Å². The first-order valence-corrected chi connectivity index (χ1v) is 5.98. The van der Waals surface area contributed by atoms with Crippen LogP contribution in [-0.4, -0.2) is 42.9 Å². The lowest BCUT2D eigenvalue weighted by molar-refractivity contribution is 0.195. The molecular weight excluding hydrogens is 214 g/mol. The van der Waals surface area contributed by atoms with E-state index < -0.39 is 0 Å². The Bertz CT molecular complexity index is 300. The van der Waals surface area contributed by atoms with Crippen LogP contribution in [0, 0.1) is 0 Å². The van der Waals surface area contributed by atoms with Gasteiger partial charge in [0.2, 0.25) is 0 Å². The summed E-state index contributed by atoms with van der Waals surface area (Å²) in [6.45, 7) is 7.01. The number of aliphatic hydroxyl groups excluding tert-OH is 1. The minimum atomic E-state index is 0.188. The largest absolute Gasteiger partial charge is 0.494 e. The van der Waals surface area contributed by atoms with Crippen LogP contribution in [0.2, 0.25) is 0 Å². The van der Waals surface area contributed by atoms with Crippen molar-refractivity contribution < 1.29 is 9.84 Å². The second kappa shape index (κ2) is 8.79. The second-order valence-electron chi connectivity index (χ2n) is 3.83.